The Morgan fingerprint density at radius 2 is 2.33 bits per heavy atom. The topological polar surface area (TPSA) is 52.5 Å². The quantitative estimate of drug-likeness (QED) is 0.541. The van der Waals surface area contributed by atoms with Crippen molar-refractivity contribution in [3.63, 3.8) is 0 Å². The van der Waals surface area contributed by atoms with Crippen molar-refractivity contribution in [2.24, 2.45) is 10.7 Å². The number of halogens is 2. The van der Waals surface area contributed by atoms with Gasteiger partial charge in [0.05, 0.1) is 0 Å². The van der Waals surface area contributed by atoms with E-state index in [9.17, 15) is 0 Å². The van der Waals surface area contributed by atoms with Crippen LogP contribution in [0.15, 0.2) is 16.2 Å². The predicted octanol–water partition coefficient (Wildman–Crippen LogP) is 1.33. The van der Waals surface area contributed by atoms with Gasteiger partial charge in [0.15, 0.2) is 0 Å². The second-order valence-corrected chi connectivity index (χ2v) is 2.22. The fraction of sp³-hybridized carbons (Fsp3) is 0.250. The summed E-state index contributed by atoms with van der Waals surface area (Å²) in [5.74, 6) is 0. The van der Waals surface area contributed by atoms with Gasteiger partial charge in [-0.3, -0.25) is 0 Å². The van der Waals surface area contributed by atoms with Crippen molar-refractivity contribution in [2.45, 2.75) is 6.17 Å². The van der Waals surface area contributed by atoms with Gasteiger partial charge in [-0.15, -0.1) is 0 Å². The molecule has 0 saturated carbocycles. The molecule has 0 aromatic carbocycles. The second kappa shape index (κ2) is 2.56. The molecule has 1 rings (SSSR count). The Hall–Kier alpha value is -0.250. The summed E-state index contributed by atoms with van der Waals surface area (Å²) in [5, 5.41) is 4.07. The Balaban J connectivity index is 2.74. The van der Waals surface area contributed by atoms with Gasteiger partial charge in [-0.05, 0) is 0 Å². The SMILES string of the molecule is N[C@@H]1C=C(Cl)N=C(Cl)[N-]1. The van der Waals surface area contributed by atoms with Gasteiger partial charge in [-0.1, -0.05) is 29.3 Å². The van der Waals surface area contributed by atoms with E-state index >= 15 is 0 Å². The van der Waals surface area contributed by atoms with E-state index < -0.39 is 6.17 Å². The summed E-state index contributed by atoms with van der Waals surface area (Å²) in [6, 6.07) is 0. The van der Waals surface area contributed by atoms with E-state index in [2.05, 4.69) is 10.3 Å². The van der Waals surface area contributed by atoms with Crippen LogP contribution < -0.4 is 5.73 Å². The third-order valence-electron chi connectivity index (χ3n) is 0.763. The minimum absolute atomic E-state index is 0.106. The van der Waals surface area contributed by atoms with E-state index in [-0.39, 0.29) is 5.29 Å². The van der Waals surface area contributed by atoms with Crippen LogP contribution in [0.5, 0.6) is 0 Å². The van der Waals surface area contributed by atoms with Crippen molar-refractivity contribution in [1.82, 2.24) is 0 Å². The maximum absolute atomic E-state index is 5.46. The van der Waals surface area contributed by atoms with Crippen molar-refractivity contribution in [2.75, 3.05) is 0 Å². The summed E-state index contributed by atoms with van der Waals surface area (Å²) in [4.78, 5) is 3.60. The molecule has 50 valence electrons. The van der Waals surface area contributed by atoms with Gasteiger partial charge in [-0.25, -0.2) is 0 Å². The van der Waals surface area contributed by atoms with Gasteiger partial charge >= 0.3 is 0 Å². The van der Waals surface area contributed by atoms with Gasteiger partial charge in [0.25, 0.3) is 0 Å². The van der Waals surface area contributed by atoms with Crippen molar-refractivity contribution in [3.05, 3.63) is 16.5 Å². The summed E-state index contributed by atoms with van der Waals surface area (Å²) in [5.41, 5.74) is 5.32. The second-order valence-electron chi connectivity index (χ2n) is 1.49. The van der Waals surface area contributed by atoms with Gasteiger partial charge in [0, 0.05) is 16.6 Å². The molecule has 1 atom stereocenters. The summed E-state index contributed by atoms with van der Waals surface area (Å²) in [7, 11) is 0. The summed E-state index contributed by atoms with van der Waals surface area (Å²) in [6.45, 7) is 0. The summed E-state index contributed by atoms with van der Waals surface area (Å²) >= 11 is 10.8. The molecule has 0 saturated heterocycles. The van der Waals surface area contributed by atoms with E-state index in [1.165, 1.54) is 6.08 Å². The molecule has 2 N–H and O–H groups in total. The molecule has 0 fully saturated rings. The largest absolute Gasteiger partial charge is 0.436 e. The molecule has 0 unspecified atom stereocenters. The van der Waals surface area contributed by atoms with Gasteiger partial charge in [0.2, 0.25) is 0 Å². The average molecular weight is 165 g/mol. The number of aliphatic imine (C=N–C) groups is 1. The first-order valence-corrected chi connectivity index (χ1v) is 3.02. The molecule has 9 heavy (non-hydrogen) atoms. The number of hydrogen-bond acceptors (Lipinski definition) is 2. The molecule has 0 spiro atoms. The van der Waals surface area contributed by atoms with Crippen LogP contribution in [0.3, 0.4) is 0 Å². The monoisotopic (exact) mass is 164 g/mol. The molecule has 1 heterocycles. The molecule has 5 heteroatoms. The highest BCUT2D eigenvalue weighted by atomic mass is 35.5. The zero-order valence-electron chi connectivity index (χ0n) is 4.38. The van der Waals surface area contributed by atoms with Gasteiger partial charge in [0.1, 0.15) is 0 Å². The van der Waals surface area contributed by atoms with E-state index in [1.807, 2.05) is 0 Å². The van der Waals surface area contributed by atoms with Crippen molar-refractivity contribution < 1.29 is 0 Å². The fourth-order valence-electron chi connectivity index (χ4n) is 0.455. The molecule has 0 bridgehead atoms. The molecule has 1 aliphatic heterocycles. The minimum Gasteiger partial charge on any atom is -0.436 e. The first kappa shape index (κ1) is 6.86. The highest BCUT2D eigenvalue weighted by Gasteiger charge is 1.97. The third kappa shape index (κ3) is 1.86. The molecule has 0 aliphatic carbocycles. The van der Waals surface area contributed by atoms with Crippen molar-refractivity contribution >= 4 is 28.5 Å². The number of rotatable bonds is 0. The lowest BCUT2D eigenvalue weighted by Gasteiger charge is -2.22. The number of hydrogen-bond donors (Lipinski definition) is 1. The number of nitrogens with zero attached hydrogens (tertiary/aromatic N) is 2. The number of nitrogens with two attached hydrogens (primary N) is 1. The van der Waals surface area contributed by atoms with Crippen LogP contribution in [0.4, 0.5) is 0 Å². The van der Waals surface area contributed by atoms with Crippen LogP contribution >= 0.6 is 23.2 Å². The lowest BCUT2D eigenvalue weighted by Crippen LogP contribution is -2.19. The van der Waals surface area contributed by atoms with Crippen molar-refractivity contribution in [1.29, 1.82) is 0 Å². The molecule has 3 nitrogen and oxygen atoms in total. The normalized spacial score (nSPS) is 26.3. The van der Waals surface area contributed by atoms with Gasteiger partial charge in [-0.2, -0.15) is 0 Å². The van der Waals surface area contributed by atoms with Crippen LogP contribution in [0.1, 0.15) is 0 Å². The third-order valence-corrected chi connectivity index (χ3v) is 1.16. The van der Waals surface area contributed by atoms with E-state index in [0.717, 1.165) is 0 Å². The van der Waals surface area contributed by atoms with E-state index in [1.54, 1.807) is 0 Å². The van der Waals surface area contributed by atoms with Crippen LogP contribution in [0.25, 0.3) is 5.32 Å². The molecule has 0 aromatic rings. The Morgan fingerprint density at radius 1 is 1.67 bits per heavy atom. The molecule has 0 radical (unpaired) electrons. The minimum atomic E-state index is -0.442. The summed E-state index contributed by atoms with van der Waals surface area (Å²) < 4.78 is 0. The Bertz CT molecular complexity index is 175. The Kier molecular flexibility index (Phi) is 1.95. The average Bonchev–Trinajstić information content (AvgIpc) is 1.59. The number of amidine groups is 1. The predicted molar refractivity (Wildman–Crippen MR) is 38.6 cm³/mol. The maximum atomic E-state index is 5.46. The standard InChI is InChI=1S/C4H4Cl2N3/c5-2-1-3(7)9-4(6)8-2/h1,3H,7H2/q-1/t3-/m0/s1. The van der Waals surface area contributed by atoms with Crippen LogP contribution in [0.2, 0.25) is 0 Å². The van der Waals surface area contributed by atoms with E-state index in [4.69, 9.17) is 28.9 Å². The molecular formula is C4H4Cl2N3-. The smallest absolute Gasteiger partial charge is 0.0296 e. The zero-order valence-corrected chi connectivity index (χ0v) is 5.89. The molecule has 0 amide bonds. The lowest BCUT2D eigenvalue weighted by atomic mass is 10.5. The van der Waals surface area contributed by atoms with Gasteiger partial charge < -0.3 is 16.0 Å². The van der Waals surface area contributed by atoms with Crippen molar-refractivity contribution in [3.8, 4) is 0 Å². The highest BCUT2D eigenvalue weighted by molar-refractivity contribution is 6.68. The zero-order chi connectivity index (χ0) is 6.85. The van der Waals surface area contributed by atoms with Crippen LogP contribution in [-0.2, 0) is 0 Å². The highest BCUT2D eigenvalue weighted by Crippen LogP contribution is 2.16. The molecule has 1 aliphatic rings. The Labute approximate surface area is 62.5 Å². The first-order valence-electron chi connectivity index (χ1n) is 2.26. The maximum Gasteiger partial charge on any atom is 0.0296 e. The van der Waals surface area contributed by atoms with Crippen LogP contribution in [-0.4, -0.2) is 11.5 Å². The fourth-order valence-corrected chi connectivity index (χ4v) is 0.912. The lowest BCUT2D eigenvalue weighted by molar-refractivity contribution is 0.985. The molecule has 0 aromatic heterocycles. The first-order chi connectivity index (χ1) is 4.18. The van der Waals surface area contributed by atoms with Crippen LogP contribution in [0, 0.1) is 0 Å². The Morgan fingerprint density at radius 3 is 2.78 bits per heavy atom. The molecular weight excluding hydrogens is 161 g/mol. The van der Waals surface area contributed by atoms with E-state index in [0.29, 0.717) is 5.16 Å². The summed E-state index contributed by atoms with van der Waals surface area (Å²) in [6.07, 6.45) is 1.07.